The normalized spacial score (nSPS) is 16.1. The number of aliphatic carboxylic acids is 1. The number of hydrogen-bond acceptors (Lipinski definition) is 5. The molecule has 3 aromatic rings. The van der Waals surface area contributed by atoms with E-state index in [0.29, 0.717) is 31.6 Å². The van der Waals surface area contributed by atoms with Crippen molar-refractivity contribution in [1.82, 2.24) is 19.7 Å². The molecule has 0 bridgehead atoms. The van der Waals surface area contributed by atoms with Crippen LogP contribution >= 0.6 is 11.3 Å². The molecule has 0 unspecified atom stereocenters. The summed E-state index contributed by atoms with van der Waals surface area (Å²) in [4.78, 5) is 31.1. The van der Waals surface area contributed by atoms with Crippen LogP contribution in [0.3, 0.4) is 0 Å². The van der Waals surface area contributed by atoms with Gasteiger partial charge in [0.25, 0.3) is 5.91 Å². The molecule has 4 rings (SSSR count). The Labute approximate surface area is 166 Å². The quantitative estimate of drug-likeness (QED) is 0.733. The number of aromatic nitrogens is 3. The van der Waals surface area contributed by atoms with Crippen LogP contribution in [-0.2, 0) is 17.3 Å². The Kier molecular flexibility index (Phi) is 4.72. The van der Waals surface area contributed by atoms with Crippen LogP contribution in [-0.4, -0.2) is 49.7 Å². The van der Waals surface area contributed by atoms with Crippen molar-refractivity contribution in [3.8, 4) is 10.6 Å². The van der Waals surface area contributed by atoms with Crippen molar-refractivity contribution in [2.75, 3.05) is 13.1 Å². The number of hydrogen-bond donors (Lipinski definition) is 1. The van der Waals surface area contributed by atoms with Crippen LogP contribution in [0.25, 0.3) is 10.6 Å². The zero-order chi connectivity index (χ0) is 19.7. The number of carboxylic acid groups (broad SMARTS) is 1. The van der Waals surface area contributed by atoms with E-state index in [9.17, 15) is 14.7 Å². The summed E-state index contributed by atoms with van der Waals surface area (Å²) in [6, 6.07) is 9.29. The number of aryl methyl sites for hydroxylation is 1. The molecule has 3 heterocycles. The molecule has 0 radical (unpaired) electrons. The molecular weight excluding hydrogens is 376 g/mol. The summed E-state index contributed by atoms with van der Waals surface area (Å²) >= 11 is 1.40. The summed E-state index contributed by atoms with van der Waals surface area (Å²) in [5.41, 5.74) is 1.12. The highest BCUT2D eigenvalue weighted by Gasteiger charge is 2.44. The minimum absolute atomic E-state index is 0.154. The van der Waals surface area contributed by atoms with E-state index in [1.54, 1.807) is 21.2 Å². The first kappa shape index (κ1) is 18.4. The van der Waals surface area contributed by atoms with Crippen molar-refractivity contribution in [1.29, 1.82) is 0 Å². The van der Waals surface area contributed by atoms with Crippen LogP contribution < -0.4 is 0 Å². The van der Waals surface area contributed by atoms with Gasteiger partial charge in [-0.15, -0.1) is 11.3 Å². The standard InChI is InChI=1S/C20H20N4O3S/c1-23-12-14(11-21-23)17-22-16(13-28-17)18(25)24-9-7-20(8-10-24,19(26)27)15-5-3-2-4-6-15/h2-6,11-13H,7-10H2,1H3,(H,26,27). The Hall–Kier alpha value is -3.00. The van der Waals surface area contributed by atoms with E-state index in [1.807, 2.05) is 43.6 Å². The fourth-order valence-electron chi connectivity index (χ4n) is 3.67. The summed E-state index contributed by atoms with van der Waals surface area (Å²) in [6.07, 6.45) is 4.35. The molecule has 1 N–H and O–H groups in total. The molecule has 0 spiro atoms. The summed E-state index contributed by atoms with van der Waals surface area (Å²) in [6.45, 7) is 0.777. The molecule has 0 saturated carbocycles. The lowest BCUT2D eigenvalue weighted by Crippen LogP contribution is -2.49. The Bertz CT molecular complexity index is 1000. The topological polar surface area (TPSA) is 88.3 Å². The van der Waals surface area contributed by atoms with E-state index in [1.165, 1.54) is 11.3 Å². The van der Waals surface area contributed by atoms with Gasteiger partial charge in [-0.3, -0.25) is 14.3 Å². The number of carboxylic acids is 1. The largest absolute Gasteiger partial charge is 0.481 e. The molecule has 1 saturated heterocycles. The van der Waals surface area contributed by atoms with Crippen molar-refractivity contribution in [2.24, 2.45) is 7.05 Å². The SMILES string of the molecule is Cn1cc(-c2nc(C(=O)N3CCC(C(=O)O)(c4ccccc4)CC3)cs2)cn1. The van der Waals surface area contributed by atoms with Crippen molar-refractivity contribution in [3.05, 3.63) is 59.4 Å². The van der Waals surface area contributed by atoms with Gasteiger partial charge in [0.15, 0.2) is 0 Å². The van der Waals surface area contributed by atoms with Crippen LogP contribution in [0.1, 0.15) is 28.9 Å². The summed E-state index contributed by atoms with van der Waals surface area (Å²) in [7, 11) is 1.83. The highest BCUT2D eigenvalue weighted by molar-refractivity contribution is 7.13. The predicted molar refractivity (Wildman–Crippen MR) is 105 cm³/mol. The van der Waals surface area contributed by atoms with Crippen LogP contribution in [0.4, 0.5) is 0 Å². The van der Waals surface area contributed by atoms with Crippen molar-refractivity contribution < 1.29 is 14.7 Å². The highest BCUT2D eigenvalue weighted by atomic mass is 32.1. The minimum Gasteiger partial charge on any atom is -0.481 e. The van der Waals surface area contributed by atoms with Gasteiger partial charge in [-0.2, -0.15) is 5.10 Å². The number of amides is 1. The van der Waals surface area contributed by atoms with E-state index >= 15 is 0 Å². The third-order valence-electron chi connectivity index (χ3n) is 5.32. The number of rotatable bonds is 4. The zero-order valence-corrected chi connectivity index (χ0v) is 16.2. The van der Waals surface area contributed by atoms with E-state index in [2.05, 4.69) is 10.1 Å². The van der Waals surface area contributed by atoms with Gasteiger partial charge in [-0.1, -0.05) is 30.3 Å². The number of carbonyl (C=O) groups excluding carboxylic acids is 1. The van der Waals surface area contributed by atoms with Crippen LogP contribution in [0.2, 0.25) is 0 Å². The molecule has 0 atom stereocenters. The maximum absolute atomic E-state index is 12.9. The number of carbonyl (C=O) groups is 2. The molecule has 1 aromatic carbocycles. The molecule has 1 aliphatic rings. The van der Waals surface area contributed by atoms with Gasteiger partial charge in [0.1, 0.15) is 10.7 Å². The van der Waals surface area contributed by atoms with E-state index in [-0.39, 0.29) is 5.91 Å². The number of benzene rings is 1. The van der Waals surface area contributed by atoms with E-state index < -0.39 is 11.4 Å². The third-order valence-corrected chi connectivity index (χ3v) is 6.21. The first-order valence-corrected chi connectivity index (χ1v) is 9.90. The first-order valence-electron chi connectivity index (χ1n) is 9.02. The van der Waals surface area contributed by atoms with Crippen LogP contribution in [0.15, 0.2) is 48.1 Å². The molecule has 1 fully saturated rings. The molecule has 0 aliphatic carbocycles. The maximum Gasteiger partial charge on any atom is 0.314 e. The lowest BCUT2D eigenvalue weighted by molar-refractivity contribution is -0.145. The van der Waals surface area contributed by atoms with Crippen molar-refractivity contribution in [2.45, 2.75) is 18.3 Å². The minimum atomic E-state index is -0.943. The smallest absolute Gasteiger partial charge is 0.314 e. The van der Waals surface area contributed by atoms with Gasteiger partial charge < -0.3 is 10.0 Å². The summed E-state index contributed by atoms with van der Waals surface area (Å²) in [5, 5.41) is 16.5. The second-order valence-electron chi connectivity index (χ2n) is 6.99. The van der Waals surface area contributed by atoms with Gasteiger partial charge in [-0.05, 0) is 18.4 Å². The van der Waals surface area contributed by atoms with Crippen LogP contribution in [0, 0.1) is 0 Å². The summed E-state index contributed by atoms with van der Waals surface area (Å²) in [5.74, 6) is -0.989. The van der Waals surface area contributed by atoms with Gasteiger partial charge in [0.05, 0.1) is 11.6 Å². The molecule has 1 amide bonds. The lowest BCUT2D eigenvalue weighted by atomic mass is 9.73. The van der Waals surface area contributed by atoms with Crippen molar-refractivity contribution in [3.63, 3.8) is 0 Å². The number of likely N-dealkylation sites (tertiary alicyclic amines) is 1. The average Bonchev–Trinajstić information content (AvgIpc) is 3.37. The molecule has 8 heteroatoms. The monoisotopic (exact) mass is 396 g/mol. The Balaban J connectivity index is 1.50. The lowest BCUT2D eigenvalue weighted by Gasteiger charge is -2.39. The van der Waals surface area contributed by atoms with Gasteiger partial charge in [0, 0.05) is 37.3 Å². The second kappa shape index (κ2) is 7.20. The third kappa shape index (κ3) is 3.20. The molecule has 7 nitrogen and oxygen atoms in total. The molecule has 144 valence electrons. The van der Waals surface area contributed by atoms with Crippen molar-refractivity contribution >= 4 is 23.2 Å². The van der Waals surface area contributed by atoms with Gasteiger partial charge in [0.2, 0.25) is 0 Å². The number of nitrogens with zero attached hydrogens (tertiary/aromatic N) is 4. The Morgan fingerprint density at radius 1 is 1.18 bits per heavy atom. The number of piperidine rings is 1. The molecule has 1 aliphatic heterocycles. The Morgan fingerprint density at radius 2 is 1.89 bits per heavy atom. The molecule has 28 heavy (non-hydrogen) atoms. The summed E-state index contributed by atoms with van der Waals surface area (Å²) < 4.78 is 1.69. The van der Waals surface area contributed by atoms with E-state index in [0.717, 1.165) is 16.1 Å². The fraction of sp³-hybridized carbons (Fsp3) is 0.300. The zero-order valence-electron chi connectivity index (χ0n) is 15.4. The van der Waals surface area contributed by atoms with E-state index in [4.69, 9.17) is 0 Å². The van der Waals surface area contributed by atoms with Gasteiger partial charge in [-0.25, -0.2) is 4.98 Å². The van der Waals surface area contributed by atoms with Crippen LogP contribution in [0.5, 0.6) is 0 Å². The average molecular weight is 396 g/mol. The number of thiazole rings is 1. The predicted octanol–water partition coefficient (Wildman–Crippen LogP) is 2.80. The highest BCUT2D eigenvalue weighted by Crippen LogP contribution is 2.36. The second-order valence-corrected chi connectivity index (χ2v) is 7.84. The Morgan fingerprint density at radius 3 is 2.50 bits per heavy atom. The molecular formula is C20H20N4O3S. The fourth-order valence-corrected chi connectivity index (χ4v) is 4.44. The molecule has 2 aromatic heterocycles. The first-order chi connectivity index (χ1) is 13.5. The maximum atomic E-state index is 12.9. The van der Waals surface area contributed by atoms with Gasteiger partial charge >= 0.3 is 5.97 Å².